The number of carbonyl (C=O) groups is 1. The fourth-order valence-electron chi connectivity index (χ4n) is 4.93. The van der Waals surface area contributed by atoms with Crippen LogP contribution in [0.15, 0.2) is 48.5 Å². The summed E-state index contributed by atoms with van der Waals surface area (Å²) in [6, 6.07) is 14.7. The number of nitrogens with one attached hydrogen (secondary N) is 2. The average molecular weight is 454 g/mol. The Morgan fingerprint density at radius 2 is 1.85 bits per heavy atom. The third kappa shape index (κ3) is 5.00. The number of phenols is 1. The molecular weight excluding hydrogens is 418 g/mol. The molecule has 3 N–H and O–H groups in total. The van der Waals surface area contributed by atoms with Gasteiger partial charge in [-0.15, -0.1) is 0 Å². The third-order valence-corrected chi connectivity index (χ3v) is 6.35. The van der Waals surface area contributed by atoms with E-state index >= 15 is 0 Å². The number of phenolic OH excluding ortho intramolecular Hbond substituents is 1. The molecule has 4 unspecified atom stereocenters. The van der Waals surface area contributed by atoms with Crippen molar-refractivity contribution < 1.29 is 19.4 Å². The van der Waals surface area contributed by atoms with Gasteiger partial charge in [-0.3, -0.25) is 4.79 Å². The second-order valence-electron chi connectivity index (χ2n) is 9.05. The number of benzene rings is 2. The quantitative estimate of drug-likeness (QED) is 0.476. The number of likely N-dealkylation sites (tertiary alicyclic amines) is 1. The van der Waals surface area contributed by atoms with Crippen LogP contribution >= 0.6 is 0 Å². The predicted molar refractivity (Wildman–Crippen MR) is 127 cm³/mol. The first-order chi connectivity index (χ1) is 16.0. The van der Waals surface area contributed by atoms with E-state index < -0.39 is 0 Å². The Labute approximate surface area is 196 Å². The first-order valence-corrected chi connectivity index (χ1v) is 11.9. The van der Waals surface area contributed by atoms with Crippen LogP contribution in [-0.4, -0.2) is 47.8 Å². The molecule has 2 aromatic carbocycles. The van der Waals surface area contributed by atoms with Crippen LogP contribution in [0, 0.1) is 5.92 Å². The standard InChI is InChI=1S/C26H35N3O4/c1-4-14-33-19-10-7-9-18(16-19)25-22-23(20-11-5-6-12-21(20)30)27-28-24(22)26(31)29(25)13-8-15-32-17(2)3/h5-7,9-12,16-17,22-25,27-28,30H,4,8,13-15H2,1-3H3. The van der Waals surface area contributed by atoms with E-state index in [0.717, 1.165) is 29.7 Å². The van der Waals surface area contributed by atoms with E-state index in [0.29, 0.717) is 19.8 Å². The summed E-state index contributed by atoms with van der Waals surface area (Å²) in [5.74, 6) is 1.02. The summed E-state index contributed by atoms with van der Waals surface area (Å²) in [5, 5.41) is 10.5. The molecule has 0 aliphatic carbocycles. The van der Waals surface area contributed by atoms with Crippen molar-refractivity contribution in [2.75, 3.05) is 19.8 Å². The van der Waals surface area contributed by atoms with E-state index in [1.807, 2.05) is 55.1 Å². The Hall–Kier alpha value is -2.61. The van der Waals surface area contributed by atoms with Crippen molar-refractivity contribution in [1.29, 1.82) is 0 Å². The average Bonchev–Trinajstić information content (AvgIpc) is 3.34. The van der Waals surface area contributed by atoms with E-state index in [1.54, 1.807) is 6.07 Å². The van der Waals surface area contributed by atoms with E-state index in [-0.39, 0.29) is 41.8 Å². The summed E-state index contributed by atoms with van der Waals surface area (Å²) < 4.78 is 11.6. The lowest BCUT2D eigenvalue weighted by atomic mass is 9.83. The lowest BCUT2D eigenvalue weighted by molar-refractivity contribution is -0.131. The number of nitrogens with zero attached hydrogens (tertiary/aromatic N) is 1. The Kier molecular flexibility index (Phi) is 7.53. The number of rotatable bonds is 10. The highest BCUT2D eigenvalue weighted by Crippen LogP contribution is 2.48. The second-order valence-corrected chi connectivity index (χ2v) is 9.05. The highest BCUT2D eigenvalue weighted by Gasteiger charge is 2.55. The van der Waals surface area contributed by atoms with Crippen molar-refractivity contribution in [3.63, 3.8) is 0 Å². The molecule has 2 fully saturated rings. The Balaban J connectivity index is 1.66. The number of hydrogen-bond donors (Lipinski definition) is 3. The van der Waals surface area contributed by atoms with Crippen molar-refractivity contribution in [1.82, 2.24) is 15.8 Å². The van der Waals surface area contributed by atoms with Crippen LogP contribution in [0.5, 0.6) is 11.5 Å². The normalized spacial score (nSPS) is 24.5. The van der Waals surface area contributed by atoms with Crippen LogP contribution < -0.4 is 15.6 Å². The number of ether oxygens (including phenoxy) is 2. The van der Waals surface area contributed by atoms with E-state index in [4.69, 9.17) is 9.47 Å². The van der Waals surface area contributed by atoms with Gasteiger partial charge in [-0.1, -0.05) is 37.3 Å². The highest BCUT2D eigenvalue weighted by molar-refractivity contribution is 5.86. The van der Waals surface area contributed by atoms with Gasteiger partial charge in [-0.05, 0) is 50.5 Å². The van der Waals surface area contributed by atoms with Gasteiger partial charge in [0.1, 0.15) is 17.5 Å². The molecule has 2 aromatic rings. The first-order valence-electron chi connectivity index (χ1n) is 11.9. The van der Waals surface area contributed by atoms with Crippen molar-refractivity contribution in [2.24, 2.45) is 5.92 Å². The minimum Gasteiger partial charge on any atom is -0.508 e. The number of hydrogen-bond acceptors (Lipinski definition) is 6. The van der Waals surface area contributed by atoms with Crippen molar-refractivity contribution >= 4 is 5.91 Å². The molecule has 0 radical (unpaired) electrons. The van der Waals surface area contributed by atoms with Gasteiger partial charge in [0.15, 0.2) is 0 Å². The molecular formula is C26H35N3O4. The predicted octanol–water partition coefficient (Wildman–Crippen LogP) is 3.71. The van der Waals surface area contributed by atoms with Gasteiger partial charge in [0.2, 0.25) is 5.91 Å². The zero-order chi connectivity index (χ0) is 23.4. The maximum absolute atomic E-state index is 13.5. The molecule has 7 nitrogen and oxygen atoms in total. The maximum Gasteiger partial charge on any atom is 0.242 e. The van der Waals surface area contributed by atoms with Crippen LogP contribution in [0.3, 0.4) is 0 Å². The maximum atomic E-state index is 13.5. The SMILES string of the molecule is CCCOc1cccc(C2C3C(NNC3c3ccccc3O)C(=O)N2CCCOC(C)C)c1. The molecule has 2 heterocycles. The number of aromatic hydroxyl groups is 1. The van der Waals surface area contributed by atoms with Crippen LogP contribution in [0.25, 0.3) is 0 Å². The molecule has 0 aromatic heterocycles. The molecule has 4 rings (SSSR count). The molecule has 1 amide bonds. The fraction of sp³-hybridized carbons (Fsp3) is 0.500. The molecule has 33 heavy (non-hydrogen) atoms. The van der Waals surface area contributed by atoms with E-state index in [1.165, 1.54) is 0 Å². The zero-order valence-corrected chi connectivity index (χ0v) is 19.7. The van der Waals surface area contributed by atoms with Gasteiger partial charge in [0.05, 0.1) is 24.8 Å². The third-order valence-electron chi connectivity index (χ3n) is 6.35. The largest absolute Gasteiger partial charge is 0.508 e. The number of amides is 1. The van der Waals surface area contributed by atoms with Gasteiger partial charge in [-0.2, -0.15) is 0 Å². The second kappa shape index (κ2) is 10.5. The van der Waals surface area contributed by atoms with Crippen molar-refractivity contribution in [3.8, 4) is 11.5 Å². The Bertz CT molecular complexity index is 951. The molecule has 2 aliphatic rings. The monoisotopic (exact) mass is 453 g/mol. The number of hydrazine groups is 1. The zero-order valence-electron chi connectivity index (χ0n) is 19.7. The molecule has 0 spiro atoms. The summed E-state index contributed by atoms with van der Waals surface area (Å²) in [6.45, 7) is 7.98. The smallest absolute Gasteiger partial charge is 0.242 e. The lowest BCUT2D eigenvalue weighted by Gasteiger charge is -2.31. The molecule has 4 atom stereocenters. The van der Waals surface area contributed by atoms with Gasteiger partial charge < -0.3 is 19.5 Å². The van der Waals surface area contributed by atoms with Crippen LogP contribution in [0.4, 0.5) is 0 Å². The molecule has 7 heteroatoms. The molecule has 178 valence electrons. The summed E-state index contributed by atoms with van der Waals surface area (Å²) in [4.78, 5) is 15.5. The minimum atomic E-state index is -0.370. The summed E-state index contributed by atoms with van der Waals surface area (Å²) in [6.07, 6.45) is 1.86. The summed E-state index contributed by atoms with van der Waals surface area (Å²) in [7, 11) is 0. The lowest BCUT2D eigenvalue weighted by Crippen LogP contribution is -2.41. The molecule has 2 aliphatic heterocycles. The van der Waals surface area contributed by atoms with Crippen LogP contribution in [-0.2, 0) is 9.53 Å². The van der Waals surface area contributed by atoms with Crippen LogP contribution in [0.2, 0.25) is 0 Å². The van der Waals surface area contributed by atoms with Crippen molar-refractivity contribution in [2.45, 2.75) is 57.8 Å². The molecule has 0 saturated carbocycles. The van der Waals surface area contributed by atoms with Gasteiger partial charge >= 0.3 is 0 Å². The van der Waals surface area contributed by atoms with Gasteiger partial charge in [0.25, 0.3) is 0 Å². The van der Waals surface area contributed by atoms with Crippen molar-refractivity contribution in [3.05, 3.63) is 59.7 Å². The molecule has 0 bridgehead atoms. The highest BCUT2D eigenvalue weighted by atomic mass is 16.5. The molecule has 2 saturated heterocycles. The van der Waals surface area contributed by atoms with Gasteiger partial charge in [-0.25, -0.2) is 10.9 Å². The number of carbonyl (C=O) groups excluding carboxylic acids is 1. The topological polar surface area (TPSA) is 83.1 Å². The summed E-state index contributed by atoms with van der Waals surface area (Å²) in [5.41, 5.74) is 8.33. The van der Waals surface area contributed by atoms with Crippen LogP contribution in [0.1, 0.15) is 56.8 Å². The Morgan fingerprint density at radius 3 is 2.61 bits per heavy atom. The summed E-state index contributed by atoms with van der Waals surface area (Å²) >= 11 is 0. The minimum absolute atomic E-state index is 0.0693. The Morgan fingerprint density at radius 1 is 1.06 bits per heavy atom. The van der Waals surface area contributed by atoms with E-state index in [2.05, 4.69) is 23.8 Å². The van der Waals surface area contributed by atoms with Gasteiger partial charge in [0, 0.05) is 24.6 Å². The first kappa shape index (κ1) is 23.5. The number of para-hydroxylation sites is 1. The number of fused-ring (bicyclic) bond motifs is 1. The van der Waals surface area contributed by atoms with E-state index in [9.17, 15) is 9.90 Å². The fourth-order valence-corrected chi connectivity index (χ4v) is 4.93.